The molecule has 3 rings (SSSR count). The van der Waals surface area contributed by atoms with Gasteiger partial charge in [-0.2, -0.15) is 4.98 Å². The normalized spacial score (nSPS) is 10.6. The molecule has 2 aromatic heterocycles. The summed E-state index contributed by atoms with van der Waals surface area (Å²) in [4.78, 5) is 18.9. The summed E-state index contributed by atoms with van der Waals surface area (Å²) in [6.45, 7) is 0.546. The van der Waals surface area contributed by atoms with Gasteiger partial charge in [-0.1, -0.05) is 29.4 Å². The van der Waals surface area contributed by atoms with Crippen molar-refractivity contribution in [2.24, 2.45) is 0 Å². The lowest BCUT2D eigenvalue weighted by Gasteiger charge is -2.14. The Kier molecular flexibility index (Phi) is 4.29. The molecule has 1 aromatic carbocycles. The molecular formula is C16H15N3O2S. The average Bonchev–Trinajstić information content (AvgIpc) is 3.24. The number of benzene rings is 1. The van der Waals surface area contributed by atoms with Crippen LogP contribution in [0, 0.1) is 0 Å². The molecule has 0 saturated heterocycles. The summed E-state index contributed by atoms with van der Waals surface area (Å²) in [5.74, 6) is 1.12. The van der Waals surface area contributed by atoms with Gasteiger partial charge in [0.05, 0.1) is 4.88 Å². The predicted octanol–water partition coefficient (Wildman–Crippen LogP) is 3.11. The third-order valence-corrected chi connectivity index (χ3v) is 4.10. The average molecular weight is 313 g/mol. The van der Waals surface area contributed by atoms with E-state index in [0.717, 1.165) is 10.4 Å². The first kappa shape index (κ1) is 14.5. The third-order valence-electron chi connectivity index (χ3n) is 3.24. The number of hydrogen-bond acceptors (Lipinski definition) is 5. The molecule has 3 aromatic rings. The Hall–Kier alpha value is -2.47. The van der Waals surface area contributed by atoms with Gasteiger partial charge in [0, 0.05) is 25.6 Å². The molecule has 0 aliphatic heterocycles. The van der Waals surface area contributed by atoms with Crippen LogP contribution in [0.5, 0.6) is 0 Å². The molecule has 0 aliphatic rings. The lowest BCUT2D eigenvalue weighted by molar-refractivity contribution is 0.0800. The Morgan fingerprint density at radius 3 is 2.77 bits per heavy atom. The second kappa shape index (κ2) is 6.53. The van der Waals surface area contributed by atoms with Crippen LogP contribution in [0.25, 0.3) is 11.5 Å². The van der Waals surface area contributed by atoms with Crippen molar-refractivity contribution in [3.05, 3.63) is 58.5 Å². The van der Waals surface area contributed by atoms with Gasteiger partial charge in [0.1, 0.15) is 0 Å². The molecule has 0 saturated carbocycles. The molecule has 0 radical (unpaired) electrons. The number of carbonyl (C=O) groups is 1. The lowest BCUT2D eigenvalue weighted by Crippen LogP contribution is -2.28. The fraction of sp³-hybridized carbons (Fsp3) is 0.188. The molecule has 22 heavy (non-hydrogen) atoms. The number of amides is 1. The van der Waals surface area contributed by atoms with E-state index >= 15 is 0 Å². The Morgan fingerprint density at radius 1 is 1.23 bits per heavy atom. The quantitative estimate of drug-likeness (QED) is 0.726. The van der Waals surface area contributed by atoms with E-state index in [2.05, 4.69) is 10.1 Å². The first-order valence-electron chi connectivity index (χ1n) is 6.91. The van der Waals surface area contributed by atoms with Gasteiger partial charge in [-0.3, -0.25) is 4.79 Å². The van der Waals surface area contributed by atoms with Gasteiger partial charge in [0.15, 0.2) is 5.82 Å². The summed E-state index contributed by atoms with van der Waals surface area (Å²) >= 11 is 1.44. The molecule has 0 spiro atoms. The highest BCUT2D eigenvalue weighted by atomic mass is 32.1. The van der Waals surface area contributed by atoms with Crippen molar-refractivity contribution in [3.63, 3.8) is 0 Å². The maximum absolute atomic E-state index is 12.1. The lowest BCUT2D eigenvalue weighted by atomic mass is 10.2. The smallest absolute Gasteiger partial charge is 0.263 e. The minimum absolute atomic E-state index is 0.0155. The third kappa shape index (κ3) is 3.23. The number of hydrogen-bond donors (Lipinski definition) is 0. The minimum atomic E-state index is 0.0155. The molecule has 2 heterocycles. The van der Waals surface area contributed by atoms with E-state index in [1.165, 1.54) is 11.3 Å². The summed E-state index contributed by atoms with van der Waals surface area (Å²) in [6, 6.07) is 13.3. The minimum Gasteiger partial charge on any atom is -0.341 e. The van der Waals surface area contributed by atoms with Gasteiger partial charge in [0.25, 0.3) is 11.8 Å². The Morgan fingerprint density at radius 2 is 2.05 bits per heavy atom. The summed E-state index contributed by atoms with van der Waals surface area (Å²) in [5, 5.41) is 5.86. The second-order valence-corrected chi connectivity index (χ2v) is 5.78. The van der Waals surface area contributed by atoms with Crippen molar-refractivity contribution in [1.82, 2.24) is 15.0 Å². The van der Waals surface area contributed by atoms with E-state index in [1.807, 2.05) is 47.8 Å². The van der Waals surface area contributed by atoms with Gasteiger partial charge >= 0.3 is 0 Å². The van der Waals surface area contributed by atoms with Crippen LogP contribution < -0.4 is 0 Å². The summed E-state index contributed by atoms with van der Waals surface area (Å²) < 4.78 is 5.25. The van der Waals surface area contributed by atoms with Gasteiger partial charge in [-0.05, 0) is 23.6 Å². The van der Waals surface area contributed by atoms with Crippen LogP contribution >= 0.6 is 11.3 Å². The highest BCUT2D eigenvalue weighted by molar-refractivity contribution is 7.12. The van der Waals surface area contributed by atoms with Crippen LogP contribution in [-0.4, -0.2) is 34.5 Å². The second-order valence-electron chi connectivity index (χ2n) is 4.84. The van der Waals surface area contributed by atoms with Gasteiger partial charge in [-0.25, -0.2) is 0 Å². The van der Waals surface area contributed by atoms with Gasteiger partial charge in [0.2, 0.25) is 0 Å². The zero-order chi connectivity index (χ0) is 15.4. The summed E-state index contributed by atoms with van der Waals surface area (Å²) in [7, 11) is 1.78. The summed E-state index contributed by atoms with van der Waals surface area (Å²) in [5.41, 5.74) is 0.893. The summed E-state index contributed by atoms with van der Waals surface area (Å²) in [6.07, 6.45) is 0.559. The molecule has 5 nitrogen and oxygen atoms in total. The molecule has 1 amide bonds. The van der Waals surface area contributed by atoms with Crippen LogP contribution in [0.2, 0.25) is 0 Å². The Bertz CT molecular complexity index is 738. The highest BCUT2D eigenvalue weighted by Crippen LogP contribution is 2.16. The molecule has 0 bridgehead atoms. The van der Waals surface area contributed by atoms with Gasteiger partial charge in [-0.15, -0.1) is 11.3 Å². The van der Waals surface area contributed by atoms with E-state index in [9.17, 15) is 4.79 Å². The Balaban J connectivity index is 1.60. The SMILES string of the molecule is CN(CCc1noc(-c2ccccc2)n1)C(=O)c1cccs1. The highest BCUT2D eigenvalue weighted by Gasteiger charge is 2.14. The van der Waals surface area contributed by atoms with Crippen molar-refractivity contribution in [2.75, 3.05) is 13.6 Å². The van der Waals surface area contributed by atoms with Crippen molar-refractivity contribution in [3.8, 4) is 11.5 Å². The number of aromatic nitrogens is 2. The Labute approximate surface area is 132 Å². The van der Waals surface area contributed by atoms with Crippen LogP contribution in [0.15, 0.2) is 52.4 Å². The van der Waals surface area contributed by atoms with Crippen LogP contribution in [0.3, 0.4) is 0 Å². The van der Waals surface area contributed by atoms with E-state index in [1.54, 1.807) is 11.9 Å². The number of thiophene rings is 1. The molecule has 6 heteroatoms. The van der Waals surface area contributed by atoms with E-state index in [4.69, 9.17) is 4.52 Å². The number of rotatable bonds is 5. The standard InChI is InChI=1S/C16H15N3O2S/c1-19(16(20)13-8-5-11-22-13)10-9-14-17-15(21-18-14)12-6-3-2-4-7-12/h2-8,11H,9-10H2,1H3. The maximum Gasteiger partial charge on any atom is 0.263 e. The van der Waals surface area contributed by atoms with Crippen molar-refractivity contribution in [1.29, 1.82) is 0 Å². The van der Waals surface area contributed by atoms with E-state index < -0.39 is 0 Å². The monoisotopic (exact) mass is 313 g/mol. The zero-order valence-electron chi connectivity index (χ0n) is 12.1. The first-order chi connectivity index (χ1) is 10.7. The molecule has 0 fully saturated rings. The van der Waals surface area contributed by atoms with Crippen molar-refractivity contribution in [2.45, 2.75) is 6.42 Å². The van der Waals surface area contributed by atoms with E-state index in [-0.39, 0.29) is 5.91 Å². The molecule has 0 unspecified atom stereocenters. The van der Waals surface area contributed by atoms with E-state index in [0.29, 0.717) is 24.7 Å². The fourth-order valence-electron chi connectivity index (χ4n) is 2.01. The molecule has 112 valence electrons. The maximum atomic E-state index is 12.1. The van der Waals surface area contributed by atoms with Gasteiger partial charge < -0.3 is 9.42 Å². The van der Waals surface area contributed by atoms with Crippen LogP contribution in [0.1, 0.15) is 15.5 Å². The largest absolute Gasteiger partial charge is 0.341 e. The predicted molar refractivity (Wildman–Crippen MR) is 84.7 cm³/mol. The zero-order valence-corrected chi connectivity index (χ0v) is 12.9. The van der Waals surface area contributed by atoms with Crippen molar-refractivity contribution >= 4 is 17.2 Å². The topological polar surface area (TPSA) is 59.2 Å². The molecule has 0 atom stereocenters. The first-order valence-corrected chi connectivity index (χ1v) is 7.79. The number of carbonyl (C=O) groups excluding carboxylic acids is 1. The van der Waals surface area contributed by atoms with Crippen LogP contribution in [-0.2, 0) is 6.42 Å². The fourth-order valence-corrected chi connectivity index (χ4v) is 2.73. The van der Waals surface area contributed by atoms with Crippen molar-refractivity contribution < 1.29 is 9.32 Å². The molecule has 0 aliphatic carbocycles. The molecular weight excluding hydrogens is 298 g/mol. The number of nitrogens with zero attached hydrogens (tertiary/aromatic N) is 3. The van der Waals surface area contributed by atoms with Crippen LogP contribution in [0.4, 0.5) is 0 Å². The number of likely N-dealkylation sites (N-methyl/N-ethyl adjacent to an activating group) is 1. The molecule has 0 N–H and O–H groups in total.